The van der Waals surface area contributed by atoms with Gasteiger partial charge in [-0.15, -0.1) is 0 Å². The summed E-state index contributed by atoms with van der Waals surface area (Å²) in [5.41, 5.74) is 0.0813. The Bertz CT molecular complexity index is 986. The van der Waals surface area contributed by atoms with Crippen LogP contribution < -0.4 is 0 Å². The highest BCUT2D eigenvalue weighted by Crippen LogP contribution is 2.68. The Hall–Kier alpha value is -1.15. The monoisotopic (exact) mass is 444 g/mol. The number of halogens is 7. The minimum atomic E-state index is -4.56. The van der Waals surface area contributed by atoms with E-state index in [-0.39, 0.29) is 10.8 Å². The van der Waals surface area contributed by atoms with Crippen molar-refractivity contribution >= 4 is 52.3 Å². The molecule has 0 aliphatic heterocycles. The van der Waals surface area contributed by atoms with Gasteiger partial charge in [0.2, 0.25) is 0 Å². The second-order valence-corrected chi connectivity index (χ2v) is 11.3. The third-order valence-corrected chi connectivity index (χ3v) is 6.94. The summed E-state index contributed by atoms with van der Waals surface area (Å²) in [6.07, 6.45) is -3.86. The minimum absolute atomic E-state index is 0.0852. The van der Waals surface area contributed by atoms with E-state index in [2.05, 4.69) is 4.98 Å². The molecule has 0 saturated carbocycles. The van der Waals surface area contributed by atoms with Gasteiger partial charge in [0, 0.05) is 22.2 Å². The zero-order valence-corrected chi connectivity index (χ0v) is 16.2. The lowest BCUT2D eigenvalue weighted by molar-refractivity contribution is -0.137. The van der Waals surface area contributed by atoms with Crippen molar-refractivity contribution in [3.8, 4) is 5.82 Å². The molecule has 0 atom stereocenters. The highest BCUT2D eigenvalue weighted by atomic mass is 36.0. The maximum absolute atomic E-state index is 13.4. The molecule has 0 aliphatic carbocycles. The van der Waals surface area contributed by atoms with Crippen molar-refractivity contribution in [3.63, 3.8) is 0 Å². The zero-order chi connectivity index (χ0) is 19.3. The van der Waals surface area contributed by atoms with Crippen LogP contribution in [0.2, 0.25) is 5.02 Å². The highest BCUT2D eigenvalue weighted by Gasteiger charge is 2.33. The maximum atomic E-state index is 13.4. The SMILES string of the molecule is Cc1c(S(Cl)(Cl)CF)c2ccccc2n1-c1ncc(C(F)(F)F)cc1Cl. The van der Waals surface area contributed by atoms with E-state index in [0.717, 1.165) is 6.07 Å². The molecule has 0 radical (unpaired) electrons. The van der Waals surface area contributed by atoms with Crippen molar-refractivity contribution in [2.75, 3.05) is 6.01 Å². The molecule has 0 fully saturated rings. The van der Waals surface area contributed by atoms with Gasteiger partial charge in [-0.1, -0.05) is 29.8 Å². The van der Waals surface area contributed by atoms with E-state index in [9.17, 15) is 17.6 Å². The Morgan fingerprint density at radius 3 is 2.42 bits per heavy atom. The predicted molar refractivity (Wildman–Crippen MR) is 99.4 cm³/mol. The molecule has 2 nitrogen and oxygen atoms in total. The number of hydrogen-bond donors (Lipinski definition) is 0. The number of benzene rings is 1. The average Bonchev–Trinajstić information content (AvgIpc) is 2.86. The standard InChI is InChI=1S/C16H11Cl3F4N2S/c1-9-14(26(18,19)8-20)11-4-2-3-5-13(11)25(9)15-12(17)6-10(7-24-15)16(21,22)23/h2-7H,8H2,1H3. The molecular weight excluding hydrogens is 435 g/mol. The number of pyridine rings is 1. The van der Waals surface area contributed by atoms with Crippen molar-refractivity contribution in [2.45, 2.75) is 18.0 Å². The van der Waals surface area contributed by atoms with Gasteiger partial charge in [-0.05, 0) is 48.9 Å². The van der Waals surface area contributed by atoms with Crippen LogP contribution in [0.1, 0.15) is 11.3 Å². The molecule has 0 spiro atoms. The Labute approximate surface area is 162 Å². The summed E-state index contributed by atoms with van der Waals surface area (Å²) in [6, 6.07) is 6.73. The van der Waals surface area contributed by atoms with Crippen LogP contribution in [0.25, 0.3) is 16.7 Å². The summed E-state index contributed by atoms with van der Waals surface area (Å²) in [6.45, 7) is 1.65. The van der Waals surface area contributed by atoms with Crippen LogP contribution in [0.3, 0.4) is 0 Å². The first-order valence-corrected chi connectivity index (χ1v) is 11.0. The van der Waals surface area contributed by atoms with Crippen molar-refractivity contribution in [1.82, 2.24) is 9.55 Å². The van der Waals surface area contributed by atoms with Crippen molar-refractivity contribution in [2.24, 2.45) is 0 Å². The van der Waals surface area contributed by atoms with Gasteiger partial charge in [0.15, 0.2) is 5.82 Å². The smallest absolute Gasteiger partial charge is 0.296 e. The summed E-state index contributed by atoms with van der Waals surface area (Å²) in [5, 5.41) is 0.403. The summed E-state index contributed by atoms with van der Waals surface area (Å²) in [4.78, 5) is 4.29. The van der Waals surface area contributed by atoms with Crippen molar-refractivity contribution in [3.05, 3.63) is 52.8 Å². The topological polar surface area (TPSA) is 17.8 Å². The molecule has 2 heterocycles. The van der Waals surface area contributed by atoms with Crippen molar-refractivity contribution < 1.29 is 17.6 Å². The Kier molecular flexibility index (Phi) is 5.11. The Morgan fingerprint density at radius 1 is 1.19 bits per heavy atom. The van der Waals surface area contributed by atoms with E-state index < -0.39 is 26.2 Å². The van der Waals surface area contributed by atoms with Crippen LogP contribution in [-0.4, -0.2) is 15.6 Å². The molecule has 1 aromatic carbocycles. The fraction of sp³-hybridized carbons (Fsp3) is 0.188. The lowest BCUT2D eigenvalue weighted by Gasteiger charge is -2.21. The minimum Gasteiger partial charge on any atom is -0.296 e. The van der Waals surface area contributed by atoms with E-state index >= 15 is 0 Å². The third kappa shape index (κ3) is 3.26. The average molecular weight is 446 g/mol. The molecule has 0 aliphatic rings. The molecule has 0 amide bonds. The van der Waals surface area contributed by atoms with Gasteiger partial charge in [0.1, 0.15) is 6.01 Å². The van der Waals surface area contributed by atoms with Gasteiger partial charge in [0.05, 0.1) is 16.1 Å². The fourth-order valence-electron chi connectivity index (χ4n) is 2.79. The summed E-state index contributed by atoms with van der Waals surface area (Å²) < 4.78 is 53.6. The molecule has 140 valence electrons. The third-order valence-electron chi connectivity index (χ3n) is 3.85. The number of para-hydroxylation sites is 1. The lowest BCUT2D eigenvalue weighted by Crippen LogP contribution is -2.08. The lowest BCUT2D eigenvalue weighted by atomic mass is 10.2. The summed E-state index contributed by atoms with van der Waals surface area (Å²) >= 11 is 6.08. The molecule has 0 bridgehead atoms. The number of fused-ring (bicyclic) bond motifs is 1. The second-order valence-electron chi connectivity index (χ2n) is 5.48. The van der Waals surface area contributed by atoms with E-state index in [1.54, 1.807) is 31.2 Å². The van der Waals surface area contributed by atoms with Crippen molar-refractivity contribution in [1.29, 1.82) is 0 Å². The number of rotatable bonds is 3. The molecule has 26 heavy (non-hydrogen) atoms. The van der Waals surface area contributed by atoms with Crippen LogP contribution in [0.4, 0.5) is 17.6 Å². The first kappa shape index (κ1) is 19.6. The molecule has 3 rings (SSSR count). The molecule has 2 aromatic heterocycles. The van der Waals surface area contributed by atoms with Crippen LogP contribution >= 0.6 is 41.4 Å². The van der Waals surface area contributed by atoms with Crippen LogP contribution in [0.15, 0.2) is 41.4 Å². The quantitative estimate of drug-likeness (QED) is 0.384. The predicted octanol–water partition coefficient (Wildman–Crippen LogP) is 7.40. The molecule has 3 aromatic rings. The van der Waals surface area contributed by atoms with Crippen LogP contribution in [0, 0.1) is 6.92 Å². The zero-order valence-electron chi connectivity index (χ0n) is 13.1. The first-order valence-electron chi connectivity index (χ1n) is 7.17. The summed E-state index contributed by atoms with van der Waals surface area (Å²) in [5.74, 6) is 0.0852. The van der Waals surface area contributed by atoms with E-state index in [1.807, 2.05) is 0 Å². The van der Waals surface area contributed by atoms with Gasteiger partial charge >= 0.3 is 6.18 Å². The molecule has 0 N–H and O–H groups in total. The first-order chi connectivity index (χ1) is 12.1. The maximum Gasteiger partial charge on any atom is 0.417 e. The number of nitrogens with zero attached hydrogens (tertiary/aromatic N) is 2. The number of aromatic nitrogens is 2. The Morgan fingerprint density at radius 2 is 1.85 bits per heavy atom. The highest BCUT2D eigenvalue weighted by molar-refractivity contribution is 8.66. The van der Waals surface area contributed by atoms with Crippen LogP contribution in [0.5, 0.6) is 0 Å². The van der Waals surface area contributed by atoms with Gasteiger partial charge < -0.3 is 0 Å². The number of alkyl halides is 4. The van der Waals surface area contributed by atoms with Crippen LogP contribution in [-0.2, 0) is 6.18 Å². The van der Waals surface area contributed by atoms with E-state index in [1.165, 1.54) is 4.57 Å². The van der Waals surface area contributed by atoms with Gasteiger partial charge in [-0.2, -0.15) is 13.2 Å². The van der Waals surface area contributed by atoms with E-state index in [4.69, 9.17) is 33.0 Å². The van der Waals surface area contributed by atoms with E-state index in [0.29, 0.717) is 27.7 Å². The van der Waals surface area contributed by atoms with Gasteiger partial charge in [-0.3, -0.25) is 4.57 Å². The molecule has 10 heteroatoms. The largest absolute Gasteiger partial charge is 0.417 e. The molecular formula is C16H11Cl3F4N2S. The second kappa shape index (κ2) is 6.78. The normalized spacial score (nSPS) is 13.4. The van der Waals surface area contributed by atoms with Gasteiger partial charge in [0.25, 0.3) is 0 Å². The number of hydrogen-bond acceptors (Lipinski definition) is 1. The Balaban J connectivity index is 2.32. The molecule has 0 saturated heterocycles. The van der Waals surface area contributed by atoms with Gasteiger partial charge in [-0.25, -0.2) is 9.37 Å². The summed E-state index contributed by atoms with van der Waals surface area (Å²) in [7, 11) is 9.65. The fourth-order valence-corrected chi connectivity index (χ4v) is 5.34. The molecule has 0 unspecified atom stereocenters.